The molecule has 0 bridgehead atoms. The van der Waals surface area contributed by atoms with E-state index >= 15 is 0 Å². The van der Waals surface area contributed by atoms with E-state index in [0.29, 0.717) is 6.42 Å². The molecule has 1 atom stereocenters. The maximum atomic E-state index is 11.9. The van der Waals surface area contributed by atoms with Gasteiger partial charge in [-0.15, -0.1) is 0 Å². The third-order valence-electron chi connectivity index (χ3n) is 3.63. The van der Waals surface area contributed by atoms with Crippen molar-refractivity contribution in [2.24, 2.45) is 0 Å². The first-order valence-electron chi connectivity index (χ1n) is 6.12. The predicted molar refractivity (Wildman–Crippen MR) is 63.1 cm³/mol. The molecular formula is C13H16N2O2. The molecule has 1 unspecified atom stereocenters. The van der Waals surface area contributed by atoms with E-state index in [9.17, 15) is 9.90 Å². The molecule has 3 rings (SSSR count). The second-order valence-electron chi connectivity index (χ2n) is 4.67. The smallest absolute Gasteiger partial charge is 0.238 e. The average Bonchev–Trinajstić information content (AvgIpc) is 2.68. The van der Waals surface area contributed by atoms with Crippen LogP contribution < -0.4 is 0 Å². The fourth-order valence-electron chi connectivity index (χ4n) is 2.79. The molecular weight excluding hydrogens is 216 g/mol. The van der Waals surface area contributed by atoms with Crippen molar-refractivity contribution in [3.8, 4) is 5.75 Å². The van der Waals surface area contributed by atoms with Crippen LogP contribution in [-0.4, -0.2) is 34.1 Å². The lowest BCUT2D eigenvalue weighted by Gasteiger charge is -2.36. The number of nitrogens with zero attached hydrogens (tertiary/aromatic N) is 2. The van der Waals surface area contributed by atoms with Gasteiger partial charge in [-0.3, -0.25) is 9.80 Å². The SMILES string of the molecule is O=C1CC(c2ccccc2O)N2CCCCN12. The van der Waals surface area contributed by atoms with Crippen LogP contribution in [0, 0.1) is 0 Å². The lowest BCUT2D eigenvalue weighted by molar-refractivity contribution is -0.141. The van der Waals surface area contributed by atoms with Gasteiger partial charge in [0.1, 0.15) is 5.75 Å². The first kappa shape index (κ1) is 10.6. The number of benzene rings is 1. The zero-order valence-electron chi connectivity index (χ0n) is 9.67. The number of fused-ring (bicyclic) bond motifs is 1. The Balaban J connectivity index is 1.94. The fraction of sp³-hybridized carbons (Fsp3) is 0.462. The average molecular weight is 232 g/mol. The monoisotopic (exact) mass is 232 g/mol. The number of hydrogen-bond acceptors (Lipinski definition) is 3. The minimum absolute atomic E-state index is 0.0176. The summed E-state index contributed by atoms with van der Waals surface area (Å²) in [5.41, 5.74) is 0.866. The normalized spacial score (nSPS) is 25.1. The lowest BCUT2D eigenvalue weighted by atomic mass is 10.0. The van der Waals surface area contributed by atoms with Gasteiger partial charge in [0.15, 0.2) is 0 Å². The number of aromatic hydroxyl groups is 1. The number of carbonyl (C=O) groups excluding carboxylic acids is 1. The fourth-order valence-corrected chi connectivity index (χ4v) is 2.79. The highest BCUT2D eigenvalue weighted by atomic mass is 16.3. The van der Waals surface area contributed by atoms with E-state index in [0.717, 1.165) is 31.5 Å². The van der Waals surface area contributed by atoms with E-state index in [1.165, 1.54) is 0 Å². The number of phenolic OH excluding ortho intramolecular Hbond substituents is 1. The molecule has 2 saturated heterocycles. The Kier molecular flexibility index (Phi) is 2.52. The minimum Gasteiger partial charge on any atom is -0.508 e. The summed E-state index contributed by atoms with van der Waals surface area (Å²) >= 11 is 0. The summed E-state index contributed by atoms with van der Waals surface area (Å²) in [6, 6.07) is 7.33. The van der Waals surface area contributed by atoms with E-state index in [1.54, 1.807) is 6.07 Å². The lowest BCUT2D eigenvalue weighted by Crippen LogP contribution is -2.44. The van der Waals surface area contributed by atoms with Crippen molar-refractivity contribution in [2.75, 3.05) is 13.1 Å². The van der Waals surface area contributed by atoms with Crippen LogP contribution in [-0.2, 0) is 4.79 Å². The molecule has 1 aromatic rings. The van der Waals surface area contributed by atoms with Crippen LogP contribution in [0.5, 0.6) is 5.75 Å². The molecule has 0 radical (unpaired) electrons. The number of hydrogen-bond donors (Lipinski definition) is 1. The van der Waals surface area contributed by atoms with Crippen LogP contribution in [0.25, 0.3) is 0 Å². The van der Waals surface area contributed by atoms with Crippen LogP contribution >= 0.6 is 0 Å². The Bertz CT molecular complexity index is 447. The number of rotatable bonds is 1. The second kappa shape index (κ2) is 4.04. The van der Waals surface area contributed by atoms with Gasteiger partial charge < -0.3 is 5.11 Å². The molecule has 90 valence electrons. The highest BCUT2D eigenvalue weighted by Crippen LogP contribution is 2.38. The van der Waals surface area contributed by atoms with Gasteiger partial charge in [0.25, 0.3) is 0 Å². The summed E-state index contributed by atoms with van der Waals surface area (Å²) in [7, 11) is 0. The topological polar surface area (TPSA) is 43.8 Å². The molecule has 1 amide bonds. The van der Waals surface area contributed by atoms with Crippen molar-refractivity contribution in [2.45, 2.75) is 25.3 Å². The Labute approximate surface area is 100 Å². The summed E-state index contributed by atoms with van der Waals surface area (Å²) in [5.74, 6) is 0.468. The van der Waals surface area contributed by atoms with E-state index < -0.39 is 0 Å². The van der Waals surface area contributed by atoms with Gasteiger partial charge in [-0.2, -0.15) is 0 Å². The van der Waals surface area contributed by atoms with Gasteiger partial charge in [-0.25, -0.2) is 5.01 Å². The highest BCUT2D eigenvalue weighted by molar-refractivity contribution is 5.79. The number of phenols is 1. The molecule has 1 aromatic carbocycles. The van der Waals surface area contributed by atoms with E-state index in [-0.39, 0.29) is 17.7 Å². The summed E-state index contributed by atoms with van der Waals surface area (Å²) < 4.78 is 0. The quantitative estimate of drug-likeness (QED) is 0.801. The van der Waals surface area contributed by atoms with Gasteiger partial charge >= 0.3 is 0 Å². The van der Waals surface area contributed by atoms with Crippen molar-refractivity contribution >= 4 is 5.91 Å². The zero-order valence-corrected chi connectivity index (χ0v) is 9.67. The molecule has 1 N–H and O–H groups in total. The molecule has 4 heteroatoms. The Hall–Kier alpha value is -1.55. The third-order valence-corrected chi connectivity index (χ3v) is 3.63. The second-order valence-corrected chi connectivity index (χ2v) is 4.67. The molecule has 4 nitrogen and oxygen atoms in total. The molecule has 2 aliphatic rings. The number of hydrazine groups is 1. The van der Waals surface area contributed by atoms with Crippen LogP contribution in [0.4, 0.5) is 0 Å². The van der Waals surface area contributed by atoms with Crippen molar-refractivity contribution in [1.82, 2.24) is 10.0 Å². The number of amides is 1. The van der Waals surface area contributed by atoms with Gasteiger partial charge in [0.2, 0.25) is 5.91 Å². The Morgan fingerprint density at radius 1 is 1.18 bits per heavy atom. The summed E-state index contributed by atoms with van der Waals surface area (Å²) in [5, 5.41) is 13.9. The van der Waals surface area contributed by atoms with E-state index in [1.807, 2.05) is 23.2 Å². The molecule has 2 fully saturated rings. The van der Waals surface area contributed by atoms with Gasteiger partial charge in [-0.1, -0.05) is 18.2 Å². The maximum Gasteiger partial charge on any atom is 0.238 e. The summed E-state index contributed by atoms with van der Waals surface area (Å²) in [4.78, 5) is 11.9. The summed E-state index contributed by atoms with van der Waals surface area (Å²) in [6.45, 7) is 1.73. The molecule has 17 heavy (non-hydrogen) atoms. The highest BCUT2D eigenvalue weighted by Gasteiger charge is 2.40. The maximum absolute atomic E-state index is 11.9. The van der Waals surface area contributed by atoms with Crippen molar-refractivity contribution in [1.29, 1.82) is 0 Å². The van der Waals surface area contributed by atoms with Crippen LogP contribution in [0.15, 0.2) is 24.3 Å². The Morgan fingerprint density at radius 3 is 2.76 bits per heavy atom. The van der Waals surface area contributed by atoms with E-state index in [4.69, 9.17) is 0 Å². The van der Waals surface area contributed by atoms with Crippen LogP contribution in [0.3, 0.4) is 0 Å². The molecule has 0 saturated carbocycles. The first-order chi connectivity index (χ1) is 8.27. The minimum atomic E-state index is 0.0176. The van der Waals surface area contributed by atoms with E-state index in [2.05, 4.69) is 5.01 Å². The van der Waals surface area contributed by atoms with Gasteiger partial charge in [-0.05, 0) is 18.9 Å². The molecule has 0 aromatic heterocycles. The van der Waals surface area contributed by atoms with Crippen molar-refractivity contribution < 1.29 is 9.90 Å². The molecule has 2 heterocycles. The molecule has 2 aliphatic heterocycles. The number of carbonyl (C=O) groups is 1. The first-order valence-corrected chi connectivity index (χ1v) is 6.12. The van der Waals surface area contributed by atoms with Crippen molar-refractivity contribution in [3.63, 3.8) is 0 Å². The van der Waals surface area contributed by atoms with Crippen molar-refractivity contribution in [3.05, 3.63) is 29.8 Å². The molecule has 0 spiro atoms. The van der Waals surface area contributed by atoms with Crippen LogP contribution in [0.2, 0.25) is 0 Å². The predicted octanol–water partition coefficient (Wildman–Crippen LogP) is 1.68. The third kappa shape index (κ3) is 1.69. The Morgan fingerprint density at radius 2 is 1.94 bits per heavy atom. The zero-order chi connectivity index (χ0) is 11.8. The standard InChI is InChI=1S/C13H16N2O2/c16-12-6-2-1-5-10(12)11-9-13(17)15-8-4-3-7-14(11)15/h1-2,5-6,11,16H,3-4,7-9H2. The summed E-state index contributed by atoms with van der Waals surface area (Å²) in [6.07, 6.45) is 2.68. The van der Waals surface area contributed by atoms with Gasteiger partial charge in [0, 0.05) is 25.1 Å². The number of para-hydroxylation sites is 1. The largest absolute Gasteiger partial charge is 0.508 e. The van der Waals surface area contributed by atoms with Gasteiger partial charge in [0.05, 0.1) is 6.04 Å². The van der Waals surface area contributed by atoms with Crippen LogP contribution in [0.1, 0.15) is 30.9 Å². The molecule has 0 aliphatic carbocycles.